The normalized spacial score (nSPS) is 16.8. The molecule has 3 aromatic rings. The minimum atomic E-state index is -0.287. The number of nitrogens with zero attached hydrogens (tertiary/aromatic N) is 3. The number of amides is 2. The van der Waals surface area contributed by atoms with Gasteiger partial charge in [0.05, 0.1) is 11.6 Å². The fraction of sp³-hybridized carbons (Fsp3) is 0.304. The molecule has 1 aliphatic heterocycles. The van der Waals surface area contributed by atoms with E-state index in [0.717, 1.165) is 33.9 Å². The molecule has 1 atom stereocenters. The van der Waals surface area contributed by atoms with E-state index in [-0.39, 0.29) is 17.7 Å². The predicted molar refractivity (Wildman–Crippen MR) is 117 cm³/mol. The first-order chi connectivity index (χ1) is 14.7. The van der Waals surface area contributed by atoms with Crippen LogP contribution < -0.4 is 5.32 Å². The molecule has 154 valence electrons. The summed E-state index contributed by atoms with van der Waals surface area (Å²) in [5.41, 5.74) is 4.11. The smallest absolute Gasteiger partial charge is 0.267 e. The Bertz CT molecular complexity index is 1020. The number of aryl methyl sites for hydroxylation is 1. The van der Waals surface area contributed by atoms with Crippen molar-refractivity contribution in [2.75, 3.05) is 19.6 Å². The quantitative estimate of drug-likeness (QED) is 0.688. The molecule has 0 unspecified atom stereocenters. The Morgan fingerprint density at radius 2 is 1.87 bits per heavy atom. The zero-order valence-corrected chi connectivity index (χ0v) is 17.7. The first kappa shape index (κ1) is 20.2. The highest BCUT2D eigenvalue weighted by atomic mass is 32.1. The lowest BCUT2D eigenvalue weighted by Crippen LogP contribution is -2.37. The van der Waals surface area contributed by atoms with Crippen molar-refractivity contribution >= 4 is 23.3 Å². The number of rotatable bonds is 5. The zero-order valence-electron chi connectivity index (χ0n) is 16.9. The van der Waals surface area contributed by atoms with Gasteiger partial charge in [0.25, 0.3) is 5.91 Å². The van der Waals surface area contributed by atoms with Gasteiger partial charge in [-0.05, 0) is 41.1 Å². The average molecular weight is 421 g/mol. The van der Waals surface area contributed by atoms with E-state index in [1.807, 2.05) is 25.1 Å². The Hall–Kier alpha value is -3.06. The van der Waals surface area contributed by atoms with Crippen LogP contribution in [0.25, 0.3) is 11.1 Å². The number of benzene rings is 2. The molecule has 4 rings (SSSR count). The third-order valence-electron chi connectivity index (χ3n) is 5.41. The molecule has 6 nitrogen and oxygen atoms in total. The Kier molecular flexibility index (Phi) is 6.18. The lowest BCUT2D eigenvalue weighted by molar-refractivity contribution is -0.124. The van der Waals surface area contributed by atoms with E-state index >= 15 is 0 Å². The lowest BCUT2D eigenvalue weighted by Gasteiger charge is -2.23. The van der Waals surface area contributed by atoms with Crippen molar-refractivity contribution in [1.82, 2.24) is 19.8 Å². The van der Waals surface area contributed by atoms with E-state index in [2.05, 4.69) is 51.3 Å². The van der Waals surface area contributed by atoms with Gasteiger partial charge in [-0.15, -0.1) is 5.10 Å². The summed E-state index contributed by atoms with van der Waals surface area (Å²) in [6.07, 6.45) is 1.26. The van der Waals surface area contributed by atoms with Crippen LogP contribution in [0.4, 0.5) is 0 Å². The Morgan fingerprint density at radius 3 is 2.60 bits per heavy atom. The Balaban J connectivity index is 1.48. The molecule has 2 aromatic carbocycles. The van der Waals surface area contributed by atoms with Crippen molar-refractivity contribution in [3.05, 3.63) is 70.7 Å². The van der Waals surface area contributed by atoms with Gasteiger partial charge in [0.15, 0.2) is 0 Å². The van der Waals surface area contributed by atoms with Crippen molar-refractivity contribution in [2.24, 2.45) is 5.92 Å². The second-order valence-corrected chi connectivity index (χ2v) is 8.16. The number of hydrogen-bond acceptors (Lipinski definition) is 5. The maximum atomic E-state index is 13.0. The molecule has 0 bridgehead atoms. The van der Waals surface area contributed by atoms with Crippen LogP contribution in [0.5, 0.6) is 0 Å². The maximum absolute atomic E-state index is 13.0. The van der Waals surface area contributed by atoms with E-state index < -0.39 is 0 Å². The maximum Gasteiger partial charge on any atom is 0.267 e. The van der Waals surface area contributed by atoms with Crippen LogP contribution in [0.15, 0.2) is 54.6 Å². The monoisotopic (exact) mass is 420 g/mol. The molecule has 0 spiro atoms. The van der Waals surface area contributed by atoms with Crippen LogP contribution in [0.3, 0.4) is 0 Å². The van der Waals surface area contributed by atoms with Crippen molar-refractivity contribution in [1.29, 1.82) is 0 Å². The fourth-order valence-corrected chi connectivity index (χ4v) is 4.45. The minimum absolute atomic E-state index is 0.00409. The first-order valence-corrected chi connectivity index (χ1v) is 11.0. The van der Waals surface area contributed by atoms with Gasteiger partial charge in [-0.25, -0.2) is 0 Å². The van der Waals surface area contributed by atoms with E-state index in [0.29, 0.717) is 37.4 Å². The van der Waals surface area contributed by atoms with Gasteiger partial charge in [-0.2, -0.15) is 0 Å². The van der Waals surface area contributed by atoms with Gasteiger partial charge in [0.2, 0.25) is 5.91 Å². The number of carbonyl (C=O) groups is 2. The summed E-state index contributed by atoms with van der Waals surface area (Å²) in [6, 6.07) is 18.5. The fourth-order valence-electron chi connectivity index (χ4n) is 3.73. The van der Waals surface area contributed by atoms with E-state index in [1.54, 1.807) is 4.90 Å². The van der Waals surface area contributed by atoms with Crippen molar-refractivity contribution in [3.63, 3.8) is 0 Å². The second kappa shape index (κ2) is 9.17. The first-order valence-electron chi connectivity index (χ1n) is 10.2. The number of hydrogen-bond donors (Lipinski definition) is 1. The van der Waals surface area contributed by atoms with Gasteiger partial charge >= 0.3 is 0 Å². The van der Waals surface area contributed by atoms with Gasteiger partial charge in [0.1, 0.15) is 4.88 Å². The summed E-state index contributed by atoms with van der Waals surface area (Å²) in [6.45, 7) is 3.31. The van der Waals surface area contributed by atoms with Crippen LogP contribution in [0.1, 0.15) is 27.9 Å². The molecular weight excluding hydrogens is 396 g/mol. The highest BCUT2D eigenvalue weighted by Crippen LogP contribution is 2.22. The number of aromatic nitrogens is 2. The lowest BCUT2D eigenvalue weighted by atomic mass is 9.96. The number of carbonyl (C=O) groups excluding carboxylic acids is 2. The summed E-state index contributed by atoms with van der Waals surface area (Å²) >= 11 is 1.13. The molecule has 1 aliphatic rings. The van der Waals surface area contributed by atoms with Crippen LogP contribution in [0, 0.1) is 5.92 Å². The molecule has 1 aromatic heterocycles. The van der Waals surface area contributed by atoms with Crippen molar-refractivity contribution < 1.29 is 9.59 Å². The summed E-state index contributed by atoms with van der Waals surface area (Å²) in [5, 5.41) is 7.00. The third-order valence-corrected chi connectivity index (χ3v) is 6.16. The molecule has 7 heteroatoms. The zero-order chi connectivity index (χ0) is 20.9. The SMILES string of the molecule is CCc1nnsc1C(=O)N1CCNC(=O)[C@H](Cc2ccc(-c3ccccc3)cc2)C1. The van der Waals surface area contributed by atoms with Crippen molar-refractivity contribution in [3.8, 4) is 11.1 Å². The molecule has 0 aliphatic carbocycles. The van der Waals surface area contributed by atoms with Crippen LogP contribution in [-0.2, 0) is 17.6 Å². The van der Waals surface area contributed by atoms with Gasteiger partial charge < -0.3 is 10.2 Å². The highest BCUT2D eigenvalue weighted by molar-refractivity contribution is 7.08. The summed E-state index contributed by atoms with van der Waals surface area (Å²) in [7, 11) is 0. The van der Waals surface area contributed by atoms with Crippen LogP contribution >= 0.6 is 11.5 Å². The molecule has 1 N–H and O–H groups in total. The summed E-state index contributed by atoms with van der Waals surface area (Å²) < 4.78 is 3.93. The molecule has 2 amide bonds. The number of nitrogens with one attached hydrogen (secondary N) is 1. The average Bonchev–Trinajstić information content (AvgIpc) is 3.19. The second-order valence-electron chi connectivity index (χ2n) is 7.41. The molecule has 0 radical (unpaired) electrons. The largest absolute Gasteiger partial charge is 0.354 e. The van der Waals surface area contributed by atoms with E-state index in [1.165, 1.54) is 0 Å². The van der Waals surface area contributed by atoms with Gasteiger partial charge in [0, 0.05) is 19.6 Å². The minimum Gasteiger partial charge on any atom is -0.354 e. The molecular formula is C23H24N4O2S. The molecule has 1 fully saturated rings. The summed E-state index contributed by atoms with van der Waals surface area (Å²) in [4.78, 5) is 28.0. The van der Waals surface area contributed by atoms with E-state index in [4.69, 9.17) is 0 Å². The van der Waals surface area contributed by atoms with Crippen LogP contribution in [0.2, 0.25) is 0 Å². The van der Waals surface area contributed by atoms with Gasteiger partial charge in [-0.3, -0.25) is 9.59 Å². The Labute approximate surface area is 180 Å². The van der Waals surface area contributed by atoms with Crippen LogP contribution in [-0.4, -0.2) is 45.9 Å². The highest BCUT2D eigenvalue weighted by Gasteiger charge is 2.30. The molecule has 2 heterocycles. The standard InChI is InChI=1S/C23H24N4O2S/c1-2-20-21(30-26-25-20)23(29)27-13-12-24-22(28)19(15-27)14-16-8-10-18(11-9-16)17-6-4-3-5-7-17/h3-11,19H,2,12-15H2,1H3,(H,24,28)/t19-/m1/s1. The summed E-state index contributed by atoms with van der Waals surface area (Å²) in [5.74, 6) is -0.372. The molecule has 1 saturated heterocycles. The predicted octanol–water partition coefficient (Wildman–Crippen LogP) is 3.20. The Morgan fingerprint density at radius 1 is 1.13 bits per heavy atom. The van der Waals surface area contributed by atoms with Crippen molar-refractivity contribution in [2.45, 2.75) is 19.8 Å². The van der Waals surface area contributed by atoms with E-state index in [9.17, 15) is 9.59 Å². The topological polar surface area (TPSA) is 75.2 Å². The molecule has 0 saturated carbocycles. The third kappa shape index (κ3) is 4.41. The molecule has 30 heavy (non-hydrogen) atoms. The van der Waals surface area contributed by atoms with Gasteiger partial charge in [-0.1, -0.05) is 66.0 Å².